The number of ketones is 1. The van der Waals surface area contributed by atoms with Crippen LogP contribution in [0.15, 0.2) is 24.3 Å². The average Bonchev–Trinajstić information content (AvgIpc) is 2.67. The number of ether oxygens (including phenoxy) is 1. The van der Waals surface area contributed by atoms with Crippen LogP contribution in [0.2, 0.25) is 0 Å². The second kappa shape index (κ2) is 10.2. The number of amides is 1. The van der Waals surface area contributed by atoms with Gasteiger partial charge in [0.2, 0.25) is 5.91 Å². The van der Waals surface area contributed by atoms with Crippen molar-refractivity contribution >= 4 is 11.7 Å². The van der Waals surface area contributed by atoms with E-state index in [1.54, 1.807) is 7.11 Å². The zero-order valence-electron chi connectivity index (χ0n) is 15.6. The Morgan fingerprint density at radius 2 is 1.68 bits per heavy atom. The third-order valence-corrected chi connectivity index (χ3v) is 5.09. The highest BCUT2D eigenvalue weighted by Crippen LogP contribution is 2.23. The van der Waals surface area contributed by atoms with E-state index in [2.05, 4.69) is 6.92 Å². The van der Waals surface area contributed by atoms with E-state index in [4.69, 9.17) is 4.74 Å². The molecule has 1 aromatic carbocycles. The summed E-state index contributed by atoms with van der Waals surface area (Å²) in [6.45, 7) is 3.61. The van der Waals surface area contributed by atoms with Crippen LogP contribution in [0.5, 0.6) is 5.75 Å². The quantitative estimate of drug-likeness (QED) is 0.490. The second-order valence-electron chi connectivity index (χ2n) is 6.91. The van der Waals surface area contributed by atoms with Crippen molar-refractivity contribution in [1.29, 1.82) is 0 Å². The van der Waals surface area contributed by atoms with E-state index in [1.165, 1.54) is 19.3 Å². The van der Waals surface area contributed by atoms with Gasteiger partial charge < -0.3 is 9.64 Å². The van der Waals surface area contributed by atoms with Crippen molar-refractivity contribution < 1.29 is 14.3 Å². The summed E-state index contributed by atoms with van der Waals surface area (Å²) in [6.07, 6.45) is 8.04. The van der Waals surface area contributed by atoms with E-state index in [0.717, 1.165) is 37.0 Å². The number of likely N-dealkylation sites (tertiary alicyclic amines) is 1. The fourth-order valence-electron chi connectivity index (χ4n) is 3.42. The number of unbranched alkanes of at least 4 members (excludes halogenated alkanes) is 4. The average molecular weight is 345 g/mol. The lowest BCUT2D eigenvalue weighted by Gasteiger charge is -2.31. The molecule has 1 aliphatic heterocycles. The molecule has 1 fully saturated rings. The van der Waals surface area contributed by atoms with Crippen molar-refractivity contribution in [2.45, 2.75) is 58.3 Å². The topological polar surface area (TPSA) is 46.6 Å². The Hall–Kier alpha value is -1.84. The smallest absolute Gasteiger partial charge is 0.222 e. The summed E-state index contributed by atoms with van der Waals surface area (Å²) in [5, 5.41) is 0. The van der Waals surface area contributed by atoms with Gasteiger partial charge in [-0.3, -0.25) is 9.59 Å². The van der Waals surface area contributed by atoms with Crippen LogP contribution in [0.3, 0.4) is 0 Å². The van der Waals surface area contributed by atoms with Crippen LogP contribution in [0, 0.1) is 5.92 Å². The maximum absolute atomic E-state index is 12.6. The number of piperidine rings is 1. The minimum atomic E-state index is 0.0296. The van der Waals surface area contributed by atoms with Gasteiger partial charge in [0.05, 0.1) is 7.11 Å². The number of carbonyl (C=O) groups is 2. The number of rotatable bonds is 9. The lowest BCUT2D eigenvalue weighted by atomic mass is 9.88. The Balaban J connectivity index is 1.74. The lowest BCUT2D eigenvalue weighted by Crippen LogP contribution is -2.40. The minimum absolute atomic E-state index is 0.0296. The van der Waals surface area contributed by atoms with Gasteiger partial charge in [0.25, 0.3) is 0 Å². The van der Waals surface area contributed by atoms with Crippen LogP contribution >= 0.6 is 0 Å². The predicted molar refractivity (Wildman–Crippen MR) is 100 cm³/mol. The highest BCUT2D eigenvalue weighted by Gasteiger charge is 2.27. The molecule has 0 saturated carbocycles. The molecule has 2 rings (SSSR count). The van der Waals surface area contributed by atoms with Gasteiger partial charge in [-0.25, -0.2) is 0 Å². The van der Waals surface area contributed by atoms with Crippen LogP contribution in [0.4, 0.5) is 0 Å². The third-order valence-electron chi connectivity index (χ3n) is 5.09. The van der Waals surface area contributed by atoms with Gasteiger partial charge in [-0.1, -0.05) is 32.6 Å². The number of methoxy groups -OCH3 is 1. The van der Waals surface area contributed by atoms with E-state index >= 15 is 0 Å². The summed E-state index contributed by atoms with van der Waals surface area (Å²) < 4.78 is 5.13. The number of nitrogens with zero attached hydrogens (tertiary/aromatic N) is 1. The molecule has 4 nitrogen and oxygen atoms in total. The molecular formula is C21H31NO3. The van der Waals surface area contributed by atoms with E-state index in [9.17, 15) is 9.59 Å². The molecule has 0 spiro atoms. The molecule has 0 aromatic heterocycles. The first-order chi connectivity index (χ1) is 12.2. The van der Waals surface area contributed by atoms with Gasteiger partial charge in [-0.05, 0) is 43.5 Å². The number of benzene rings is 1. The Morgan fingerprint density at radius 3 is 2.28 bits per heavy atom. The summed E-state index contributed by atoms with van der Waals surface area (Å²) >= 11 is 0. The molecule has 0 atom stereocenters. The summed E-state index contributed by atoms with van der Waals surface area (Å²) in [5.41, 5.74) is 0.738. The standard InChI is InChI=1S/C21H31NO3/c1-3-4-5-6-7-8-20(23)22-15-13-18(14-16-22)21(24)17-9-11-19(25-2)12-10-17/h9-12,18H,3-8,13-16H2,1-2H3. The second-order valence-corrected chi connectivity index (χ2v) is 6.91. The molecule has 0 aliphatic carbocycles. The number of Topliss-reactive ketones (excluding diaryl/α,β-unsaturated/α-hetero) is 1. The first kappa shape index (κ1) is 19.5. The first-order valence-corrected chi connectivity index (χ1v) is 9.61. The van der Waals surface area contributed by atoms with Gasteiger partial charge in [0, 0.05) is 31.0 Å². The van der Waals surface area contributed by atoms with E-state index < -0.39 is 0 Å². The van der Waals surface area contributed by atoms with Crippen LogP contribution in [0.25, 0.3) is 0 Å². The molecule has 1 amide bonds. The van der Waals surface area contributed by atoms with Gasteiger partial charge in [0.1, 0.15) is 5.75 Å². The van der Waals surface area contributed by atoms with Crippen LogP contribution in [-0.2, 0) is 4.79 Å². The van der Waals surface area contributed by atoms with Crippen molar-refractivity contribution in [1.82, 2.24) is 4.90 Å². The zero-order chi connectivity index (χ0) is 18.1. The summed E-state index contributed by atoms with van der Waals surface area (Å²) in [7, 11) is 1.62. The molecule has 0 N–H and O–H groups in total. The molecule has 0 unspecified atom stereocenters. The normalized spacial score (nSPS) is 15.2. The highest BCUT2D eigenvalue weighted by atomic mass is 16.5. The van der Waals surface area contributed by atoms with Gasteiger partial charge in [-0.2, -0.15) is 0 Å². The van der Waals surface area contributed by atoms with Crippen molar-refractivity contribution in [3.8, 4) is 5.75 Å². The summed E-state index contributed by atoms with van der Waals surface area (Å²) in [6, 6.07) is 7.30. The zero-order valence-corrected chi connectivity index (χ0v) is 15.6. The Bertz CT molecular complexity index is 545. The summed E-state index contributed by atoms with van der Waals surface area (Å²) in [4.78, 5) is 26.8. The Kier molecular flexibility index (Phi) is 7.96. The fourth-order valence-corrected chi connectivity index (χ4v) is 3.42. The monoisotopic (exact) mass is 345 g/mol. The van der Waals surface area contributed by atoms with Gasteiger partial charge in [0.15, 0.2) is 5.78 Å². The molecule has 0 bridgehead atoms. The summed E-state index contributed by atoms with van der Waals surface area (Å²) in [5.74, 6) is 1.24. The van der Waals surface area contributed by atoms with E-state index in [0.29, 0.717) is 19.5 Å². The molecule has 25 heavy (non-hydrogen) atoms. The molecule has 1 aliphatic rings. The van der Waals surface area contributed by atoms with E-state index in [-0.39, 0.29) is 17.6 Å². The van der Waals surface area contributed by atoms with Crippen molar-refractivity contribution in [2.24, 2.45) is 5.92 Å². The molecule has 0 radical (unpaired) electrons. The molecule has 138 valence electrons. The maximum Gasteiger partial charge on any atom is 0.222 e. The van der Waals surface area contributed by atoms with Crippen LogP contribution in [-0.4, -0.2) is 36.8 Å². The minimum Gasteiger partial charge on any atom is -0.497 e. The number of hydrogen-bond donors (Lipinski definition) is 0. The molecule has 1 aromatic rings. The molecular weight excluding hydrogens is 314 g/mol. The fraction of sp³-hybridized carbons (Fsp3) is 0.619. The lowest BCUT2D eigenvalue weighted by molar-refractivity contribution is -0.132. The maximum atomic E-state index is 12.6. The number of hydrogen-bond acceptors (Lipinski definition) is 3. The molecule has 1 heterocycles. The molecule has 4 heteroatoms. The highest BCUT2D eigenvalue weighted by molar-refractivity contribution is 5.98. The van der Waals surface area contributed by atoms with Crippen LogP contribution < -0.4 is 4.74 Å². The van der Waals surface area contributed by atoms with Crippen molar-refractivity contribution in [2.75, 3.05) is 20.2 Å². The van der Waals surface area contributed by atoms with Gasteiger partial charge >= 0.3 is 0 Å². The third kappa shape index (κ3) is 5.87. The van der Waals surface area contributed by atoms with Crippen molar-refractivity contribution in [3.05, 3.63) is 29.8 Å². The van der Waals surface area contributed by atoms with Crippen molar-refractivity contribution in [3.63, 3.8) is 0 Å². The predicted octanol–water partition coefficient (Wildman–Crippen LogP) is 4.48. The SMILES string of the molecule is CCCCCCCC(=O)N1CCC(C(=O)c2ccc(OC)cc2)CC1. The largest absolute Gasteiger partial charge is 0.497 e. The first-order valence-electron chi connectivity index (χ1n) is 9.61. The molecule has 1 saturated heterocycles. The number of carbonyl (C=O) groups excluding carboxylic acids is 2. The van der Waals surface area contributed by atoms with Crippen LogP contribution in [0.1, 0.15) is 68.6 Å². The van der Waals surface area contributed by atoms with Gasteiger partial charge in [-0.15, -0.1) is 0 Å². The van der Waals surface area contributed by atoms with E-state index in [1.807, 2.05) is 29.2 Å². The Morgan fingerprint density at radius 1 is 1.04 bits per heavy atom. The Labute approximate surface area is 151 Å².